The molecule has 0 heterocycles. The first-order valence-electron chi connectivity index (χ1n) is 0.730. The molecule has 6 N–H and O–H groups in total. The zero-order chi connectivity index (χ0) is 5.41. The van der Waals surface area contributed by atoms with Crippen LogP contribution in [0, 0.1) is 9.81 Å². The summed E-state index contributed by atoms with van der Waals surface area (Å²) >= 11 is 0. The van der Waals surface area contributed by atoms with Crippen LogP contribution in [0.15, 0.2) is 10.7 Å². The smallest absolute Gasteiger partial charge is 0.344 e. The first-order valence-corrected chi connectivity index (χ1v) is 0.730. The van der Waals surface area contributed by atoms with Crippen molar-refractivity contribution < 1.29 is 30.8 Å². The van der Waals surface area contributed by atoms with Crippen LogP contribution in [0.4, 0.5) is 0 Å². The van der Waals surface area contributed by atoms with E-state index >= 15 is 0 Å². The Hall–Kier alpha value is -0.618. The molecular weight excluding hydrogens is 226 g/mol. The second-order valence-corrected chi connectivity index (χ2v) is 0.149. The Morgan fingerprint density at radius 2 is 0.778 bits per heavy atom. The Balaban J connectivity index is -0.00000000889. The quantitative estimate of drug-likeness (QED) is 0.352. The van der Waals surface area contributed by atoms with Crippen molar-refractivity contribution in [2.75, 3.05) is 0 Å². The maximum absolute atomic E-state index is 8.00. The van der Waals surface area contributed by atoms with Crippen LogP contribution >= 0.6 is 0 Å². The van der Waals surface area contributed by atoms with Crippen LogP contribution in [-0.4, -0.2) is 0 Å². The van der Waals surface area contributed by atoms with Gasteiger partial charge in [-0.25, -0.2) is 0 Å². The summed E-state index contributed by atoms with van der Waals surface area (Å²) in [6, 6.07) is 0. The van der Waals surface area contributed by atoms with E-state index in [9.17, 15) is 0 Å². The minimum atomic E-state index is 0. The van der Waals surface area contributed by atoms with Gasteiger partial charge in [-0.15, -0.1) is 20.2 Å². The number of hydrogen-bond donors (Lipinski definition) is 2. The molecule has 0 aliphatic carbocycles. The molecule has 0 rings (SSSR count). The second kappa shape index (κ2) is 157. The van der Waals surface area contributed by atoms with Crippen molar-refractivity contribution in [3.05, 3.63) is 9.81 Å². The summed E-state index contributed by atoms with van der Waals surface area (Å²) in [5.41, 5.74) is 0. The fraction of sp³-hybridized carbons (Fsp3) is 0. The normalized spacial score (nSPS) is 2.67. The van der Waals surface area contributed by atoms with E-state index in [2.05, 4.69) is 0 Å². The van der Waals surface area contributed by atoms with Crippen molar-refractivity contribution in [1.82, 2.24) is 12.3 Å². The largest absolute Gasteiger partial charge is 2.00 e. The predicted octanol–water partition coefficient (Wildman–Crippen LogP) is 0.518. The molecule has 0 atom stereocenters. The molecule has 9 heteroatoms. The summed E-state index contributed by atoms with van der Waals surface area (Å²) in [5, 5.41) is 18.0. The van der Waals surface area contributed by atoms with Crippen LogP contribution in [0.5, 0.6) is 0 Å². The molecule has 0 spiro atoms. The van der Waals surface area contributed by atoms with Crippen LogP contribution in [-0.2, 0) is 30.8 Å². The summed E-state index contributed by atoms with van der Waals surface area (Å²) in [4.78, 5) is 16.0. The molecule has 0 bridgehead atoms. The van der Waals surface area contributed by atoms with E-state index in [1.165, 1.54) is 0 Å². The molecule has 0 amide bonds. The molecule has 0 saturated carbocycles. The van der Waals surface area contributed by atoms with Crippen molar-refractivity contribution in [2.45, 2.75) is 0 Å². The van der Waals surface area contributed by atoms with Crippen molar-refractivity contribution in [1.29, 1.82) is 0 Å². The molecule has 58 valence electrons. The zero-order valence-corrected chi connectivity index (χ0v) is 5.81. The molecule has 8 nitrogen and oxygen atoms in total. The molecule has 0 aromatic rings. The second-order valence-electron chi connectivity index (χ2n) is 0.149. The van der Waals surface area contributed by atoms with Gasteiger partial charge in [0.25, 0.3) is 0 Å². The third-order valence-corrected chi connectivity index (χ3v) is 0. The Morgan fingerprint density at radius 1 is 0.778 bits per heavy atom. The fourth-order valence-electron chi connectivity index (χ4n) is 0. The van der Waals surface area contributed by atoms with Crippen molar-refractivity contribution in [3.8, 4) is 0 Å². The molecule has 0 fully saturated rings. The number of rotatable bonds is 0. The third-order valence-electron chi connectivity index (χ3n) is 0. The Bertz CT molecular complexity index is 33.5. The van der Waals surface area contributed by atoms with Crippen LogP contribution in [0.3, 0.4) is 0 Å². The summed E-state index contributed by atoms with van der Waals surface area (Å²) < 4.78 is 0. The van der Waals surface area contributed by atoms with Gasteiger partial charge < -0.3 is 12.3 Å². The van der Waals surface area contributed by atoms with Gasteiger partial charge in [0.2, 0.25) is 10.7 Å². The first kappa shape index (κ1) is 39.9. The SMILES string of the molecule is N.N.[O]N=O.[O]N=O.[Pd+2]. The number of nitrogens with zero attached hydrogens (tertiary/aromatic N) is 2. The summed E-state index contributed by atoms with van der Waals surface area (Å²) in [7, 11) is 0. The van der Waals surface area contributed by atoms with Crippen molar-refractivity contribution in [3.63, 3.8) is 0 Å². The van der Waals surface area contributed by atoms with E-state index in [-0.39, 0.29) is 32.7 Å². The average Bonchev–Trinajstić information content (AvgIpc) is 1.39. The minimum absolute atomic E-state index is 0. The van der Waals surface area contributed by atoms with E-state index in [4.69, 9.17) is 20.2 Å². The van der Waals surface area contributed by atoms with Gasteiger partial charge in [0, 0.05) is 0 Å². The predicted molar refractivity (Wildman–Crippen MR) is 23.0 cm³/mol. The molecule has 0 aliphatic heterocycles. The Labute approximate surface area is 64.3 Å². The topological polar surface area (TPSA) is 169 Å². The van der Waals surface area contributed by atoms with Gasteiger partial charge in [-0.05, 0) is 0 Å². The van der Waals surface area contributed by atoms with Gasteiger partial charge >= 0.3 is 20.4 Å². The molecule has 0 saturated heterocycles. The molecule has 2 radical (unpaired) electrons. The standard InChI is InChI=1S/2NO2.2H3N.Pd/c2*2-1-3;;;/h;;2*1H3;/q;;;;+2. The average molecular weight is 232 g/mol. The maximum Gasteiger partial charge on any atom is 2.00 e. The van der Waals surface area contributed by atoms with Gasteiger partial charge in [-0.1, -0.05) is 0 Å². The fourth-order valence-corrected chi connectivity index (χ4v) is 0. The maximum atomic E-state index is 8.00. The summed E-state index contributed by atoms with van der Waals surface area (Å²) in [5.74, 6) is 0. The summed E-state index contributed by atoms with van der Waals surface area (Å²) in [6.07, 6.45) is 0. The molecule has 0 aromatic carbocycles. The van der Waals surface area contributed by atoms with E-state index in [0.29, 0.717) is 0 Å². The van der Waals surface area contributed by atoms with Crippen LogP contribution < -0.4 is 12.3 Å². The molecule has 9 heavy (non-hydrogen) atoms. The molecule has 0 aromatic heterocycles. The number of hydrogen-bond acceptors (Lipinski definition) is 6. The van der Waals surface area contributed by atoms with Gasteiger partial charge in [0.1, 0.15) is 0 Å². The summed E-state index contributed by atoms with van der Waals surface area (Å²) in [6.45, 7) is 0. The van der Waals surface area contributed by atoms with E-state index < -0.39 is 0 Å². The molecule has 0 aliphatic rings. The van der Waals surface area contributed by atoms with E-state index in [0.717, 1.165) is 10.7 Å². The van der Waals surface area contributed by atoms with Gasteiger partial charge in [0.15, 0.2) is 0 Å². The molecule has 0 unspecified atom stereocenters. The zero-order valence-electron chi connectivity index (χ0n) is 4.26. The monoisotopic (exact) mass is 232 g/mol. The van der Waals surface area contributed by atoms with Gasteiger partial charge in [-0.2, -0.15) is 0 Å². The third kappa shape index (κ3) is 561. The van der Waals surface area contributed by atoms with Crippen LogP contribution in [0.2, 0.25) is 0 Å². The first-order chi connectivity index (χ1) is 2.83. The van der Waals surface area contributed by atoms with E-state index in [1.54, 1.807) is 0 Å². The van der Waals surface area contributed by atoms with E-state index in [1.807, 2.05) is 0 Å². The van der Waals surface area contributed by atoms with Crippen molar-refractivity contribution >= 4 is 0 Å². The molecular formula is H6N4O4Pd+2. The van der Waals surface area contributed by atoms with Gasteiger partial charge in [-0.3, -0.25) is 0 Å². The van der Waals surface area contributed by atoms with Crippen LogP contribution in [0.25, 0.3) is 0 Å². The Kier molecular flexibility index (Phi) is 698. The Morgan fingerprint density at radius 3 is 0.778 bits per heavy atom. The minimum Gasteiger partial charge on any atom is -0.344 e. The van der Waals surface area contributed by atoms with Gasteiger partial charge in [0.05, 0.1) is 0 Å². The van der Waals surface area contributed by atoms with Crippen LogP contribution in [0.1, 0.15) is 0 Å². The van der Waals surface area contributed by atoms with Crippen molar-refractivity contribution in [2.24, 2.45) is 10.7 Å².